The minimum absolute atomic E-state index is 0.102. The molecule has 0 aliphatic rings. The van der Waals surface area contributed by atoms with Gasteiger partial charge in [0, 0.05) is 18.6 Å². The highest BCUT2D eigenvalue weighted by Gasteiger charge is 2.33. The first kappa shape index (κ1) is 19.3. The first-order chi connectivity index (χ1) is 11.5. The fourth-order valence-electron chi connectivity index (χ4n) is 1.78. The molecule has 1 amide bonds. The summed E-state index contributed by atoms with van der Waals surface area (Å²) in [7, 11) is -1.09. The Bertz CT molecular complexity index is 863. The summed E-state index contributed by atoms with van der Waals surface area (Å²) in [6, 6.07) is 2.44. The molecular weight excluding hydrogens is 381 g/mol. The van der Waals surface area contributed by atoms with Crippen molar-refractivity contribution < 1.29 is 26.4 Å². The monoisotopic (exact) mass is 394 g/mol. The topological polar surface area (TPSA) is 92.3 Å². The number of rotatable bonds is 5. The minimum Gasteiger partial charge on any atom is -0.335 e. The molecule has 2 aromatic rings. The van der Waals surface area contributed by atoms with Crippen LogP contribution >= 0.6 is 11.3 Å². The van der Waals surface area contributed by atoms with Crippen LogP contribution in [0, 0.1) is 0 Å². The Balaban J connectivity index is 2.11. The van der Waals surface area contributed by atoms with Gasteiger partial charge in [0.25, 0.3) is 15.9 Å². The Morgan fingerprint density at radius 2 is 2.04 bits per heavy atom. The van der Waals surface area contributed by atoms with Crippen molar-refractivity contribution in [3.05, 3.63) is 40.0 Å². The molecule has 0 unspecified atom stereocenters. The van der Waals surface area contributed by atoms with Crippen LogP contribution in [0.4, 0.5) is 13.2 Å². The maximum absolute atomic E-state index is 12.5. The average molecular weight is 394 g/mol. The van der Waals surface area contributed by atoms with Gasteiger partial charge in [0.15, 0.2) is 10.7 Å². The number of carbonyl (C=O) groups excluding carboxylic acids is 1. The van der Waals surface area contributed by atoms with E-state index >= 15 is 0 Å². The third-order valence-electron chi connectivity index (χ3n) is 3.09. The van der Waals surface area contributed by atoms with E-state index in [1.807, 2.05) is 0 Å². The molecule has 2 rings (SSSR count). The molecule has 0 aromatic carbocycles. The second-order valence-electron chi connectivity index (χ2n) is 4.88. The molecule has 0 spiro atoms. The molecule has 0 aliphatic heterocycles. The second-order valence-corrected chi connectivity index (χ2v) is 7.65. The van der Waals surface area contributed by atoms with Crippen LogP contribution in [-0.4, -0.2) is 43.3 Å². The lowest BCUT2D eigenvalue weighted by molar-refractivity contribution is -0.140. The van der Waals surface area contributed by atoms with E-state index in [1.54, 1.807) is 0 Å². The Hall–Kier alpha value is -2.05. The number of pyridine rings is 1. The Morgan fingerprint density at radius 3 is 2.52 bits per heavy atom. The van der Waals surface area contributed by atoms with E-state index in [0.29, 0.717) is 0 Å². The second kappa shape index (κ2) is 7.06. The van der Waals surface area contributed by atoms with Gasteiger partial charge in [-0.2, -0.15) is 13.2 Å². The molecule has 12 heteroatoms. The molecule has 25 heavy (non-hydrogen) atoms. The van der Waals surface area contributed by atoms with E-state index < -0.39 is 27.8 Å². The smallest absolute Gasteiger partial charge is 0.335 e. The number of hydrogen-bond donors (Lipinski definition) is 1. The van der Waals surface area contributed by atoms with E-state index in [-0.39, 0.29) is 22.1 Å². The van der Waals surface area contributed by atoms with Crippen molar-refractivity contribution in [3.8, 4) is 0 Å². The summed E-state index contributed by atoms with van der Waals surface area (Å²) >= 11 is 0.798. The third-order valence-corrected chi connectivity index (χ3v) is 5.25. The van der Waals surface area contributed by atoms with Gasteiger partial charge in [0.05, 0.1) is 12.1 Å². The van der Waals surface area contributed by atoms with Crippen LogP contribution in [0.2, 0.25) is 0 Å². The van der Waals surface area contributed by atoms with Crippen LogP contribution in [-0.2, 0) is 22.7 Å². The van der Waals surface area contributed by atoms with Crippen LogP contribution in [0.15, 0.2) is 28.7 Å². The Labute approximate surface area is 145 Å². The normalized spacial score (nSPS) is 12.2. The number of nitrogens with one attached hydrogen (secondary N) is 1. The van der Waals surface area contributed by atoms with Crippen LogP contribution < -0.4 is 4.72 Å². The fraction of sp³-hybridized carbons (Fsp3) is 0.308. The number of amides is 1. The fourth-order valence-corrected chi connectivity index (χ4v) is 3.28. The van der Waals surface area contributed by atoms with Gasteiger partial charge < -0.3 is 4.90 Å². The summed E-state index contributed by atoms with van der Waals surface area (Å²) in [6.45, 7) is -0.115. The summed E-state index contributed by atoms with van der Waals surface area (Å²) in [5.74, 6) is -0.523. The van der Waals surface area contributed by atoms with Crippen molar-refractivity contribution in [2.45, 2.75) is 17.7 Å². The van der Waals surface area contributed by atoms with Crippen molar-refractivity contribution in [2.24, 2.45) is 0 Å². The predicted octanol–water partition coefficient (Wildman–Crippen LogP) is 1.74. The van der Waals surface area contributed by atoms with Crippen molar-refractivity contribution in [3.63, 3.8) is 0 Å². The lowest BCUT2D eigenvalue weighted by Crippen LogP contribution is -2.26. The zero-order chi connectivity index (χ0) is 18.8. The number of carbonyl (C=O) groups is 1. The first-order valence-electron chi connectivity index (χ1n) is 6.71. The average Bonchev–Trinajstić information content (AvgIpc) is 3.03. The molecule has 2 heterocycles. The quantitative estimate of drug-likeness (QED) is 0.834. The lowest BCUT2D eigenvalue weighted by atomic mass is 10.2. The summed E-state index contributed by atoms with van der Waals surface area (Å²) < 4.78 is 62.8. The molecule has 0 saturated heterocycles. The number of thiazole rings is 1. The van der Waals surface area contributed by atoms with Gasteiger partial charge in [-0.25, -0.2) is 23.1 Å². The molecule has 0 aliphatic carbocycles. The molecule has 0 bridgehead atoms. The summed E-state index contributed by atoms with van der Waals surface area (Å²) in [6.07, 6.45) is -3.44. The van der Waals surface area contributed by atoms with Crippen LogP contribution in [0.1, 0.15) is 21.1 Å². The van der Waals surface area contributed by atoms with Gasteiger partial charge in [-0.1, -0.05) is 0 Å². The van der Waals surface area contributed by atoms with E-state index in [2.05, 4.69) is 14.7 Å². The maximum Gasteiger partial charge on any atom is 0.434 e. The molecule has 1 N–H and O–H groups in total. The molecule has 2 aromatic heterocycles. The zero-order valence-electron chi connectivity index (χ0n) is 13.0. The van der Waals surface area contributed by atoms with E-state index in [4.69, 9.17) is 0 Å². The number of halogens is 3. The van der Waals surface area contributed by atoms with Gasteiger partial charge in [-0.3, -0.25) is 4.79 Å². The molecule has 136 valence electrons. The minimum atomic E-state index is -4.53. The molecular formula is C13H13F3N4O3S2. The van der Waals surface area contributed by atoms with Gasteiger partial charge in [0.2, 0.25) is 0 Å². The number of nitrogens with zero attached hydrogens (tertiary/aromatic N) is 3. The van der Waals surface area contributed by atoms with Crippen molar-refractivity contribution in [1.82, 2.24) is 19.6 Å². The van der Waals surface area contributed by atoms with E-state index in [0.717, 1.165) is 29.0 Å². The van der Waals surface area contributed by atoms with Crippen molar-refractivity contribution >= 4 is 27.3 Å². The highest BCUT2D eigenvalue weighted by Crippen LogP contribution is 2.30. The SMILES string of the molecule is CNS(=O)(=O)c1ccc(C(=O)N(C)Cc2nc(C(F)(F)F)cs2)cn1. The van der Waals surface area contributed by atoms with Gasteiger partial charge in [-0.15, -0.1) is 11.3 Å². The van der Waals surface area contributed by atoms with Crippen LogP contribution in [0.5, 0.6) is 0 Å². The van der Waals surface area contributed by atoms with E-state index in [9.17, 15) is 26.4 Å². The molecule has 0 radical (unpaired) electrons. The van der Waals surface area contributed by atoms with Crippen LogP contribution in [0.25, 0.3) is 0 Å². The van der Waals surface area contributed by atoms with Gasteiger partial charge >= 0.3 is 6.18 Å². The van der Waals surface area contributed by atoms with E-state index in [1.165, 1.54) is 25.1 Å². The highest BCUT2D eigenvalue weighted by molar-refractivity contribution is 7.89. The van der Waals surface area contributed by atoms with Gasteiger partial charge in [-0.05, 0) is 19.2 Å². The summed E-state index contributed by atoms with van der Waals surface area (Å²) in [4.78, 5) is 20.6. The predicted molar refractivity (Wildman–Crippen MR) is 83.4 cm³/mol. The molecule has 0 saturated carbocycles. The number of alkyl halides is 3. The summed E-state index contributed by atoms with van der Waals surface area (Å²) in [5.41, 5.74) is -0.901. The Kier molecular flexibility index (Phi) is 5.44. The third kappa shape index (κ3) is 4.52. The van der Waals surface area contributed by atoms with Crippen LogP contribution in [0.3, 0.4) is 0 Å². The Morgan fingerprint density at radius 1 is 1.36 bits per heavy atom. The number of hydrogen-bond acceptors (Lipinski definition) is 6. The maximum atomic E-state index is 12.5. The zero-order valence-corrected chi connectivity index (χ0v) is 14.7. The standard InChI is InChI=1S/C13H13F3N4O3S2/c1-17-25(22,23)11-4-3-8(5-18-11)12(21)20(2)6-10-19-9(7-24-10)13(14,15)16/h3-5,7,17H,6H2,1-2H3. The largest absolute Gasteiger partial charge is 0.434 e. The number of sulfonamides is 1. The first-order valence-corrected chi connectivity index (χ1v) is 9.07. The lowest BCUT2D eigenvalue weighted by Gasteiger charge is -2.15. The van der Waals surface area contributed by atoms with Crippen molar-refractivity contribution in [1.29, 1.82) is 0 Å². The molecule has 0 fully saturated rings. The van der Waals surface area contributed by atoms with Gasteiger partial charge in [0.1, 0.15) is 5.01 Å². The highest BCUT2D eigenvalue weighted by atomic mass is 32.2. The molecule has 0 atom stereocenters. The van der Waals surface area contributed by atoms with Crippen molar-refractivity contribution in [2.75, 3.05) is 14.1 Å². The molecule has 7 nitrogen and oxygen atoms in total. The summed E-state index contributed by atoms with van der Waals surface area (Å²) in [5, 5.41) is 0.765. The number of aromatic nitrogens is 2.